The molecule has 0 aliphatic rings. The van der Waals surface area contributed by atoms with Gasteiger partial charge in [-0.3, -0.25) is 9.78 Å². The van der Waals surface area contributed by atoms with Crippen LogP contribution in [0.2, 0.25) is 0 Å². The third-order valence-electron chi connectivity index (χ3n) is 8.94. The largest absolute Gasteiger partial charge is 0.512 e. The number of carbonyl (C=O) groups is 1. The van der Waals surface area contributed by atoms with Crippen molar-refractivity contribution in [3.8, 4) is 11.3 Å². The van der Waals surface area contributed by atoms with E-state index in [0.29, 0.717) is 28.3 Å². The first-order valence-corrected chi connectivity index (χ1v) is 16.7. The van der Waals surface area contributed by atoms with Gasteiger partial charge in [0.15, 0.2) is 5.78 Å². The number of aliphatic hydroxyl groups excluding tert-OH is 1. The normalized spacial score (nSPS) is 12.2. The molecular weight excluding hydrogens is 792 g/mol. The maximum atomic E-state index is 12.8. The van der Waals surface area contributed by atoms with Crippen molar-refractivity contribution in [2.24, 2.45) is 11.8 Å². The second-order valence-corrected chi connectivity index (χ2v) is 12.4. The number of alkyl halides is 3. The summed E-state index contributed by atoms with van der Waals surface area (Å²) in [5, 5.41) is 13.5. The number of para-hydroxylation sites is 1. The molecule has 0 bridgehead atoms. The molecule has 0 unspecified atom stereocenters. The van der Waals surface area contributed by atoms with Gasteiger partial charge >= 0.3 is 6.18 Å². The number of aliphatic hydroxyl groups is 1. The first kappa shape index (κ1) is 39.0. The Bertz CT molecular complexity index is 1850. The van der Waals surface area contributed by atoms with Crippen LogP contribution in [-0.4, -0.2) is 22.1 Å². The molecule has 48 heavy (non-hydrogen) atoms. The minimum absolute atomic E-state index is 0. The molecule has 5 rings (SSSR count). The molecule has 0 saturated heterocycles. The number of hydrogen-bond donors (Lipinski definition) is 1. The Morgan fingerprint density at radius 1 is 0.896 bits per heavy atom. The van der Waals surface area contributed by atoms with Crippen LogP contribution in [0, 0.1) is 17.9 Å². The average molecular weight is 837 g/mol. The van der Waals surface area contributed by atoms with Gasteiger partial charge in [-0.1, -0.05) is 88.9 Å². The van der Waals surface area contributed by atoms with Gasteiger partial charge in [0, 0.05) is 67.1 Å². The maximum Gasteiger partial charge on any atom is 0.389 e. The summed E-state index contributed by atoms with van der Waals surface area (Å²) in [6.07, 6.45) is 1.40. The standard InChI is InChI=1S/C27H21F3NO.C13H24O2.Ir/c1-16(2)23-15-19(14-18-6-3-4-8-20(18)23)24-26-22(11-13-31-24)21-9-5-7-17(25(21)32-26)10-12-27(28,29)30;1-5-10(6-2)12(14)9-13(15)11(7-3)8-4;/h3-9,11,13,15-16H,10,12H2,1-2H3;9-11,14H,5-8H2,1-4H3;/q-1;;/b;12-9-;. The zero-order valence-electron chi connectivity index (χ0n) is 28.5. The third-order valence-corrected chi connectivity index (χ3v) is 8.94. The quantitative estimate of drug-likeness (QED) is 0.0818. The maximum absolute atomic E-state index is 12.8. The van der Waals surface area contributed by atoms with Crippen molar-refractivity contribution in [3.05, 3.63) is 89.8 Å². The summed E-state index contributed by atoms with van der Waals surface area (Å²) in [7, 11) is 0. The Labute approximate surface area is 295 Å². The van der Waals surface area contributed by atoms with E-state index in [1.807, 2.05) is 58.0 Å². The minimum Gasteiger partial charge on any atom is -0.512 e. The van der Waals surface area contributed by atoms with Gasteiger partial charge in [0.1, 0.15) is 11.2 Å². The Balaban J connectivity index is 0.000000334. The molecular formula is C40H45F3IrNO3-. The van der Waals surface area contributed by atoms with E-state index < -0.39 is 12.6 Å². The average Bonchev–Trinajstić information content (AvgIpc) is 3.44. The second kappa shape index (κ2) is 17.3. The van der Waals surface area contributed by atoms with E-state index in [2.05, 4.69) is 37.0 Å². The number of benzene rings is 3. The summed E-state index contributed by atoms with van der Waals surface area (Å²) < 4.78 is 44.6. The van der Waals surface area contributed by atoms with E-state index in [1.165, 1.54) is 11.6 Å². The molecule has 2 heterocycles. The molecule has 0 aliphatic heterocycles. The number of aryl methyl sites for hydroxylation is 1. The van der Waals surface area contributed by atoms with Gasteiger partial charge in [0.05, 0.1) is 5.76 Å². The zero-order chi connectivity index (χ0) is 34.3. The summed E-state index contributed by atoms with van der Waals surface area (Å²) in [6.45, 7) is 12.4. The number of halogens is 3. The van der Waals surface area contributed by atoms with Crippen LogP contribution in [0.3, 0.4) is 0 Å². The molecule has 5 aromatic rings. The summed E-state index contributed by atoms with van der Waals surface area (Å²) in [5.41, 5.74) is 4.26. The molecule has 0 atom stereocenters. The van der Waals surface area contributed by atoms with Crippen molar-refractivity contribution in [3.63, 3.8) is 0 Å². The summed E-state index contributed by atoms with van der Waals surface area (Å²) in [5.74, 6) is 0.850. The Morgan fingerprint density at radius 2 is 1.52 bits per heavy atom. The molecule has 0 saturated carbocycles. The molecule has 0 amide bonds. The summed E-state index contributed by atoms with van der Waals surface area (Å²) >= 11 is 0. The molecule has 4 nitrogen and oxygen atoms in total. The van der Waals surface area contributed by atoms with Gasteiger partial charge < -0.3 is 9.52 Å². The third kappa shape index (κ3) is 9.15. The molecule has 0 aliphatic carbocycles. The van der Waals surface area contributed by atoms with E-state index in [9.17, 15) is 23.1 Å². The number of fused-ring (bicyclic) bond motifs is 4. The van der Waals surface area contributed by atoms with Crippen LogP contribution in [-0.2, 0) is 31.3 Å². The Morgan fingerprint density at radius 3 is 2.15 bits per heavy atom. The molecule has 8 heteroatoms. The Kier molecular flexibility index (Phi) is 14.0. The topological polar surface area (TPSA) is 63.3 Å². The van der Waals surface area contributed by atoms with E-state index in [1.54, 1.807) is 18.3 Å². The van der Waals surface area contributed by atoms with Crippen LogP contribution in [0.25, 0.3) is 44.0 Å². The number of allylic oxidation sites excluding steroid dienone is 2. The molecule has 0 spiro atoms. The van der Waals surface area contributed by atoms with Gasteiger partial charge in [0.25, 0.3) is 0 Å². The number of rotatable bonds is 11. The first-order valence-electron chi connectivity index (χ1n) is 16.7. The van der Waals surface area contributed by atoms with Crippen molar-refractivity contribution < 1.29 is 47.6 Å². The summed E-state index contributed by atoms with van der Waals surface area (Å²) in [4.78, 5) is 16.3. The monoisotopic (exact) mass is 837 g/mol. The van der Waals surface area contributed by atoms with Crippen LogP contribution in [0.15, 0.2) is 77.0 Å². The number of nitrogens with zero attached hydrogens (tertiary/aromatic N) is 1. The first-order chi connectivity index (χ1) is 22.4. The number of carbonyl (C=O) groups excluding carboxylic acids is 1. The SMILES string of the molecule is CC(C)c1cc(-c2nccc3c2oc2c(CCC(F)(F)F)cccc23)[c-]c2ccccc12.CCC(CC)C(=O)/C=C(\O)C(CC)CC.[Ir]. The van der Waals surface area contributed by atoms with Crippen molar-refractivity contribution >= 4 is 38.5 Å². The fourth-order valence-corrected chi connectivity index (χ4v) is 6.09. The van der Waals surface area contributed by atoms with E-state index in [0.717, 1.165) is 52.8 Å². The predicted octanol–water partition coefficient (Wildman–Crippen LogP) is 12.1. The van der Waals surface area contributed by atoms with Crippen LogP contribution in [0.4, 0.5) is 13.2 Å². The van der Waals surface area contributed by atoms with E-state index in [-0.39, 0.29) is 49.9 Å². The van der Waals surface area contributed by atoms with Gasteiger partial charge in [0.2, 0.25) is 0 Å². The Hall–Kier alpha value is -3.48. The second-order valence-electron chi connectivity index (χ2n) is 12.4. The fraction of sp³-hybridized carbons (Fsp3) is 0.400. The van der Waals surface area contributed by atoms with Gasteiger partial charge in [-0.15, -0.1) is 29.1 Å². The van der Waals surface area contributed by atoms with Gasteiger partial charge in [-0.25, -0.2) is 0 Å². The number of aromatic nitrogens is 1. The van der Waals surface area contributed by atoms with Crippen LogP contribution >= 0.6 is 0 Å². The molecule has 2 aromatic heterocycles. The van der Waals surface area contributed by atoms with Crippen LogP contribution in [0.5, 0.6) is 0 Å². The van der Waals surface area contributed by atoms with E-state index >= 15 is 0 Å². The van der Waals surface area contributed by atoms with Crippen LogP contribution < -0.4 is 0 Å². The zero-order valence-corrected chi connectivity index (χ0v) is 30.9. The molecule has 3 aromatic carbocycles. The molecule has 1 radical (unpaired) electrons. The van der Waals surface area contributed by atoms with Crippen molar-refractivity contribution in [1.82, 2.24) is 4.98 Å². The summed E-state index contributed by atoms with van der Waals surface area (Å²) in [6, 6.07) is 20.9. The minimum atomic E-state index is -4.21. The van der Waals surface area contributed by atoms with Gasteiger partial charge in [-0.05, 0) is 49.7 Å². The molecule has 259 valence electrons. The molecule has 1 N–H and O–H groups in total. The van der Waals surface area contributed by atoms with Crippen LogP contribution in [0.1, 0.15) is 90.7 Å². The number of pyridine rings is 1. The number of hydrogen-bond acceptors (Lipinski definition) is 4. The van der Waals surface area contributed by atoms with Crippen molar-refractivity contribution in [2.75, 3.05) is 0 Å². The number of ketones is 1. The van der Waals surface area contributed by atoms with Crippen molar-refractivity contribution in [2.45, 2.75) is 92.2 Å². The smallest absolute Gasteiger partial charge is 0.389 e. The van der Waals surface area contributed by atoms with Crippen molar-refractivity contribution in [1.29, 1.82) is 0 Å². The molecule has 0 fully saturated rings. The predicted molar refractivity (Wildman–Crippen MR) is 186 cm³/mol. The fourth-order valence-electron chi connectivity index (χ4n) is 6.09. The van der Waals surface area contributed by atoms with Gasteiger partial charge in [-0.2, -0.15) is 13.2 Å². The number of furan rings is 1. The van der Waals surface area contributed by atoms with E-state index in [4.69, 9.17) is 4.42 Å².